The molecule has 0 atom stereocenters. The lowest BCUT2D eigenvalue weighted by molar-refractivity contribution is -0.274. The van der Waals surface area contributed by atoms with E-state index in [0.717, 1.165) is 6.07 Å². The predicted octanol–water partition coefficient (Wildman–Crippen LogP) is 4.78. The molecular formula is C18H13ClF4N2O2. The summed E-state index contributed by atoms with van der Waals surface area (Å²) in [5.41, 5.74) is 1.01. The number of aromatic nitrogens is 2. The topological polar surface area (TPSA) is 47.3 Å². The van der Waals surface area contributed by atoms with E-state index in [9.17, 15) is 17.6 Å². The van der Waals surface area contributed by atoms with Gasteiger partial charge in [0.15, 0.2) is 0 Å². The molecule has 0 aliphatic heterocycles. The van der Waals surface area contributed by atoms with Gasteiger partial charge in [-0.25, -0.2) is 4.39 Å². The van der Waals surface area contributed by atoms with Gasteiger partial charge in [-0.2, -0.15) is 5.10 Å². The van der Waals surface area contributed by atoms with E-state index in [1.807, 2.05) is 0 Å². The minimum Gasteiger partial charge on any atom is -0.406 e. The molecule has 27 heavy (non-hydrogen) atoms. The van der Waals surface area contributed by atoms with Gasteiger partial charge in [0.05, 0.1) is 24.4 Å². The minimum atomic E-state index is -4.83. The summed E-state index contributed by atoms with van der Waals surface area (Å²) in [7, 11) is 0. The number of ether oxygens (including phenoxy) is 1. The van der Waals surface area contributed by atoms with Crippen LogP contribution >= 0.6 is 11.6 Å². The molecule has 0 aliphatic carbocycles. The molecule has 1 N–H and O–H groups in total. The molecule has 0 unspecified atom stereocenters. The summed E-state index contributed by atoms with van der Waals surface area (Å²) >= 11 is 5.74. The highest BCUT2D eigenvalue weighted by Crippen LogP contribution is 2.29. The second-order valence-electron chi connectivity index (χ2n) is 5.59. The van der Waals surface area contributed by atoms with E-state index in [1.165, 1.54) is 47.2 Å². The molecule has 0 saturated carbocycles. The molecule has 0 saturated heterocycles. The number of hydrogen-bond acceptors (Lipinski definition) is 3. The fraction of sp³-hybridized carbons (Fsp3) is 0.167. The van der Waals surface area contributed by atoms with E-state index in [0.29, 0.717) is 16.6 Å². The predicted molar refractivity (Wildman–Crippen MR) is 93.0 cm³/mol. The summed E-state index contributed by atoms with van der Waals surface area (Å²) in [5.74, 6) is -0.966. The number of aliphatic hydroxyl groups is 1. The second kappa shape index (κ2) is 7.58. The van der Waals surface area contributed by atoms with Gasteiger partial charge < -0.3 is 9.84 Å². The highest BCUT2D eigenvalue weighted by atomic mass is 35.5. The average Bonchev–Trinajstić information content (AvgIpc) is 2.91. The number of aliphatic hydroxyl groups excluding tert-OH is 1. The van der Waals surface area contributed by atoms with Crippen LogP contribution in [0.4, 0.5) is 17.6 Å². The molecule has 1 heterocycles. The van der Waals surface area contributed by atoms with E-state index in [4.69, 9.17) is 16.7 Å². The van der Waals surface area contributed by atoms with Crippen molar-refractivity contribution in [2.75, 3.05) is 6.61 Å². The van der Waals surface area contributed by atoms with E-state index in [2.05, 4.69) is 9.84 Å². The third-order valence-electron chi connectivity index (χ3n) is 3.70. The SMILES string of the molecule is OC/C=C/c1nn(Cc2ccc(Cl)cc2F)c2cc(OC(F)(F)F)ccc12. The van der Waals surface area contributed by atoms with Gasteiger partial charge in [-0.3, -0.25) is 4.68 Å². The maximum Gasteiger partial charge on any atom is 0.573 e. The molecule has 9 heteroatoms. The van der Waals surface area contributed by atoms with Crippen LogP contribution in [0.5, 0.6) is 5.75 Å². The summed E-state index contributed by atoms with van der Waals surface area (Å²) in [5, 5.41) is 14.0. The van der Waals surface area contributed by atoms with Crippen LogP contribution in [0.1, 0.15) is 11.3 Å². The molecule has 0 amide bonds. The second-order valence-corrected chi connectivity index (χ2v) is 6.03. The third kappa shape index (κ3) is 4.58. The molecule has 0 fully saturated rings. The van der Waals surface area contributed by atoms with E-state index in [-0.39, 0.29) is 23.7 Å². The van der Waals surface area contributed by atoms with Gasteiger partial charge in [0.25, 0.3) is 0 Å². The van der Waals surface area contributed by atoms with Crippen LogP contribution in [-0.2, 0) is 6.54 Å². The molecule has 2 aromatic carbocycles. The molecule has 3 rings (SSSR count). The zero-order chi connectivity index (χ0) is 19.6. The molecule has 4 nitrogen and oxygen atoms in total. The lowest BCUT2D eigenvalue weighted by atomic mass is 10.2. The first-order valence-corrected chi connectivity index (χ1v) is 8.12. The van der Waals surface area contributed by atoms with Crippen molar-refractivity contribution >= 4 is 28.6 Å². The van der Waals surface area contributed by atoms with Crippen molar-refractivity contribution in [2.45, 2.75) is 12.9 Å². The molecule has 0 aliphatic rings. The fourth-order valence-electron chi connectivity index (χ4n) is 2.60. The Morgan fingerprint density at radius 1 is 1.19 bits per heavy atom. The van der Waals surface area contributed by atoms with Crippen LogP contribution in [-0.4, -0.2) is 27.9 Å². The molecular weight excluding hydrogens is 388 g/mol. The van der Waals surface area contributed by atoms with Crippen LogP contribution in [0.15, 0.2) is 42.5 Å². The van der Waals surface area contributed by atoms with Crippen LogP contribution in [0.2, 0.25) is 5.02 Å². The number of fused-ring (bicyclic) bond motifs is 1. The fourth-order valence-corrected chi connectivity index (χ4v) is 2.75. The highest BCUT2D eigenvalue weighted by molar-refractivity contribution is 6.30. The number of rotatable bonds is 5. The molecule has 3 aromatic rings. The Balaban J connectivity index is 2.08. The number of halogens is 5. The van der Waals surface area contributed by atoms with Crippen LogP contribution in [0.25, 0.3) is 17.0 Å². The molecule has 1 aromatic heterocycles. The Morgan fingerprint density at radius 3 is 2.63 bits per heavy atom. The van der Waals surface area contributed by atoms with E-state index >= 15 is 0 Å². The largest absolute Gasteiger partial charge is 0.573 e. The Labute approximate surface area is 156 Å². The molecule has 0 bridgehead atoms. The van der Waals surface area contributed by atoms with Crippen LogP contribution in [0, 0.1) is 5.82 Å². The lowest BCUT2D eigenvalue weighted by Gasteiger charge is -2.10. The van der Waals surface area contributed by atoms with E-state index < -0.39 is 17.9 Å². The van der Waals surface area contributed by atoms with Crippen molar-refractivity contribution in [3.63, 3.8) is 0 Å². The molecule has 0 spiro atoms. The van der Waals surface area contributed by atoms with Crippen LogP contribution < -0.4 is 4.74 Å². The van der Waals surface area contributed by atoms with Gasteiger partial charge in [0, 0.05) is 22.0 Å². The number of alkyl halides is 3. The quantitative estimate of drug-likeness (QED) is 0.627. The van der Waals surface area contributed by atoms with Crippen molar-refractivity contribution in [2.24, 2.45) is 0 Å². The van der Waals surface area contributed by atoms with Crippen molar-refractivity contribution in [1.29, 1.82) is 0 Å². The summed E-state index contributed by atoms with van der Waals surface area (Å²) in [6.07, 6.45) is -1.86. The normalized spacial score (nSPS) is 12.2. The summed E-state index contributed by atoms with van der Waals surface area (Å²) in [6, 6.07) is 7.91. The minimum absolute atomic E-state index is 0.0259. The lowest BCUT2D eigenvalue weighted by Crippen LogP contribution is -2.17. The molecule has 142 valence electrons. The van der Waals surface area contributed by atoms with Crippen molar-refractivity contribution in [3.8, 4) is 5.75 Å². The van der Waals surface area contributed by atoms with Gasteiger partial charge >= 0.3 is 6.36 Å². The number of hydrogen-bond donors (Lipinski definition) is 1. The Bertz CT molecular complexity index is 999. The maximum atomic E-state index is 14.1. The van der Waals surface area contributed by atoms with Crippen molar-refractivity contribution in [1.82, 2.24) is 9.78 Å². The standard InChI is InChI=1S/C18H13ClF4N2O2/c19-12-4-3-11(15(20)8-12)10-25-17-9-13(27-18(21,22)23)5-6-14(17)16(24-25)2-1-7-26/h1-6,8-9,26H,7,10H2/b2-1+. The number of benzene rings is 2. The summed E-state index contributed by atoms with van der Waals surface area (Å²) < 4.78 is 56.9. The van der Waals surface area contributed by atoms with Gasteiger partial charge in [-0.05, 0) is 30.3 Å². The first-order chi connectivity index (χ1) is 12.8. The Hall–Kier alpha value is -2.58. The number of nitrogens with zero attached hydrogens (tertiary/aromatic N) is 2. The smallest absolute Gasteiger partial charge is 0.406 e. The first-order valence-electron chi connectivity index (χ1n) is 7.74. The van der Waals surface area contributed by atoms with Crippen molar-refractivity contribution < 1.29 is 27.4 Å². The highest BCUT2D eigenvalue weighted by Gasteiger charge is 2.31. The van der Waals surface area contributed by atoms with Gasteiger partial charge in [-0.15, -0.1) is 13.2 Å². The van der Waals surface area contributed by atoms with Gasteiger partial charge in [0.2, 0.25) is 0 Å². The zero-order valence-corrected chi connectivity index (χ0v) is 14.4. The molecule has 0 radical (unpaired) electrons. The van der Waals surface area contributed by atoms with Gasteiger partial charge in [0.1, 0.15) is 11.6 Å². The van der Waals surface area contributed by atoms with Crippen LogP contribution in [0.3, 0.4) is 0 Å². The summed E-state index contributed by atoms with van der Waals surface area (Å²) in [6.45, 7) is -0.253. The van der Waals surface area contributed by atoms with Crippen molar-refractivity contribution in [3.05, 3.63) is 64.6 Å². The Kier molecular flexibility index (Phi) is 5.38. The zero-order valence-electron chi connectivity index (χ0n) is 13.7. The van der Waals surface area contributed by atoms with E-state index in [1.54, 1.807) is 0 Å². The monoisotopic (exact) mass is 400 g/mol. The Morgan fingerprint density at radius 2 is 1.96 bits per heavy atom. The third-order valence-corrected chi connectivity index (χ3v) is 3.94. The maximum absolute atomic E-state index is 14.1. The average molecular weight is 401 g/mol. The first kappa shape index (κ1) is 19.2. The van der Waals surface area contributed by atoms with Gasteiger partial charge in [-0.1, -0.05) is 23.7 Å². The summed E-state index contributed by atoms with van der Waals surface area (Å²) in [4.78, 5) is 0.